The van der Waals surface area contributed by atoms with Crippen LogP contribution in [0.3, 0.4) is 0 Å². The zero-order valence-electron chi connectivity index (χ0n) is 9.15. The van der Waals surface area contributed by atoms with Crippen LogP contribution in [0.2, 0.25) is 0 Å². The number of halogens is 2. The molecule has 1 rings (SSSR count). The Morgan fingerprint density at radius 2 is 1.87 bits per heavy atom. The van der Waals surface area contributed by atoms with Crippen molar-refractivity contribution in [1.29, 1.82) is 0 Å². The second-order valence-corrected chi connectivity index (χ2v) is 6.32. The highest BCUT2D eigenvalue weighted by molar-refractivity contribution is 7.89. The van der Waals surface area contributed by atoms with Gasteiger partial charge in [-0.3, -0.25) is 0 Å². The average molecular weight is 241 g/mol. The molecule has 90 valence electrons. The molecule has 3 nitrogen and oxygen atoms in total. The normalized spacial score (nSPS) is 29.3. The van der Waals surface area contributed by atoms with Gasteiger partial charge in [-0.25, -0.2) is 8.42 Å². The summed E-state index contributed by atoms with van der Waals surface area (Å²) in [5, 5.41) is 0. The van der Waals surface area contributed by atoms with Gasteiger partial charge in [-0.2, -0.15) is 13.1 Å². The third-order valence-corrected chi connectivity index (χ3v) is 4.66. The molecule has 1 heterocycles. The number of alkyl halides is 2. The molecule has 15 heavy (non-hydrogen) atoms. The molecule has 2 unspecified atom stereocenters. The molecule has 1 saturated heterocycles. The lowest BCUT2D eigenvalue weighted by molar-refractivity contribution is 0.217. The Hall–Kier alpha value is -0.230. The van der Waals surface area contributed by atoms with Crippen LogP contribution in [0.15, 0.2) is 0 Å². The first-order valence-corrected chi connectivity index (χ1v) is 6.56. The summed E-state index contributed by atoms with van der Waals surface area (Å²) in [5.74, 6) is -2.79. The molecule has 0 saturated carbocycles. The molecule has 1 aliphatic heterocycles. The SMILES string of the molecule is CC(C)C1CC(C)N(S(=O)(=O)C(F)F)C1. The standard InChI is InChI=1S/C9H17F2NO2S/c1-6(2)8-4-7(3)12(5-8)15(13,14)9(10)11/h6-9H,4-5H2,1-3H3. The van der Waals surface area contributed by atoms with E-state index in [0.29, 0.717) is 12.3 Å². The minimum atomic E-state index is -4.39. The van der Waals surface area contributed by atoms with E-state index in [1.807, 2.05) is 13.8 Å². The van der Waals surface area contributed by atoms with Gasteiger partial charge < -0.3 is 0 Å². The van der Waals surface area contributed by atoms with Crippen LogP contribution in [0, 0.1) is 11.8 Å². The molecule has 0 spiro atoms. The van der Waals surface area contributed by atoms with E-state index in [1.54, 1.807) is 6.92 Å². The van der Waals surface area contributed by atoms with E-state index in [9.17, 15) is 17.2 Å². The van der Waals surface area contributed by atoms with E-state index in [2.05, 4.69) is 0 Å². The van der Waals surface area contributed by atoms with E-state index < -0.39 is 15.8 Å². The molecule has 1 aliphatic rings. The predicted molar refractivity (Wildman–Crippen MR) is 54.0 cm³/mol. The highest BCUT2D eigenvalue weighted by Crippen LogP contribution is 2.32. The Kier molecular flexibility index (Phi) is 3.71. The van der Waals surface area contributed by atoms with E-state index in [4.69, 9.17) is 0 Å². The Labute approximate surface area is 89.5 Å². The summed E-state index contributed by atoms with van der Waals surface area (Å²) < 4.78 is 48.2. The van der Waals surface area contributed by atoms with Gasteiger partial charge in [-0.05, 0) is 25.2 Å². The van der Waals surface area contributed by atoms with Gasteiger partial charge in [-0.15, -0.1) is 0 Å². The first kappa shape index (κ1) is 12.8. The van der Waals surface area contributed by atoms with Crippen LogP contribution in [0.1, 0.15) is 27.2 Å². The van der Waals surface area contributed by atoms with Crippen LogP contribution in [-0.2, 0) is 10.0 Å². The van der Waals surface area contributed by atoms with Gasteiger partial charge in [0.1, 0.15) is 0 Å². The molecular formula is C9H17F2NO2S. The molecule has 0 amide bonds. The fourth-order valence-electron chi connectivity index (χ4n) is 1.98. The number of nitrogens with zero attached hydrogens (tertiary/aromatic N) is 1. The van der Waals surface area contributed by atoms with Crippen molar-refractivity contribution in [2.45, 2.75) is 39.0 Å². The summed E-state index contributed by atoms with van der Waals surface area (Å²) in [7, 11) is -4.39. The molecule has 0 aromatic rings. The first-order valence-electron chi connectivity index (χ1n) is 5.05. The molecule has 0 aromatic carbocycles. The van der Waals surface area contributed by atoms with E-state index in [-0.39, 0.29) is 18.5 Å². The van der Waals surface area contributed by atoms with Crippen molar-refractivity contribution < 1.29 is 17.2 Å². The molecule has 0 aromatic heterocycles. The molecule has 0 bridgehead atoms. The van der Waals surface area contributed by atoms with Crippen LogP contribution in [0.25, 0.3) is 0 Å². The minimum absolute atomic E-state index is 0.188. The van der Waals surface area contributed by atoms with Gasteiger partial charge in [0.2, 0.25) is 0 Å². The van der Waals surface area contributed by atoms with Gasteiger partial charge in [0.25, 0.3) is 10.0 Å². The van der Waals surface area contributed by atoms with Crippen LogP contribution in [-0.4, -0.2) is 31.1 Å². The number of hydrogen-bond donors (Lipinski definition) is 0. The minimum Gasteiger partial charge on any atom is -0.206 e. The predicted octanol–water partition coefficient (Wildman–Crippen LogP) is 1.91. The molecular weight excluding hydrogens is 224 g/mol. The van der Waals surface area contributed by atoms with Crippen molar-refractivity contribution >= 4 is 10.0 Å². The summed E-state index contributed by atoms with van der Waals surface area (Å²) in [4.78, 5) is 0. The summed E-state index contributed by atoms with van der Waals surface area (Å²) in [6.45, 7) is 5.87. The summed E-state index contributed by atoms with van der Waals surface area (Å²) in [6.07, 6.45) is 0.670. The third kappa shape index (κ3) is 2.47. The monoisotopic (exact) mass is 241 g/mol. The fraction of sp³-hybridized carbons (Fsp3) is 1.00. The lowest BCUT2D eigenvalue weighted by atomic mass is 9.94. The van der Waals surface area contributed by atoms with Crippen LogP contribution in [0.5, 0.6) is 0 Å². The average Bonchev–Trinajstić information content (AvgIpc) is 2.47. The maximum Gasteiger partial charge on any atom is 0.350 e. The number of sulfonamides is 1. The van der Waals surface area contributed by atoms with E-state index >= 15 is 0 Å². The van der Waals surface area contributed by atoms with E-state index in [1.165, 1.54) is 0 Å². The van der Waals surface area contributed by atoms with Crippen LogP contribution in [0.4, 0.5) is 8.78 Å². The van der Waals surface area contributed by atoms with Gasteiger partial charge in [0.05, 0.1) is 0 Å². The van der Waals surface area contributed by atoms with Crippen LogP contribution >= 0.6 is 0 Å². The number of rotatable bonds is 3. The molecule has 0 radical (unpaired) electrons. The second-order valence-electron chi connectivity index (χ2n) is 4.46. The molecule has 2 atom stereocenters. The third-order valence-electron chi connectivity index (χ3n) is 3.04. The van der Waals surface area contributed by atoms with Crippen molar-refractivity contribution in [2.24, 2.45) is 11.8 Å². The Balaban J connectivity index is 2.82. The zero-order valence-corrected chi connectivity index (χ0v) is 9.97. The largest absolute Gasteiger partial charge is 0.350 e. The lowest BCUT2D eigenvalue weighted by Gasteiger charge is -2.20. The fourth-order valence-corrected chi connectivity index (χ4v) is 3.17. The topological polar surface area (TPSA) is 37.4 Å². The van der Waals surface area contributed by atoms with E-state index in [0.717, 1.165) is 4.31 Å². The van der Waals surface area contributed by atoms with Crippen molar-refractivity contribution in [1.82, 2.24) is 4.31 Å². The Morgan fingerprint density at radius 1 is 1.33 bits per heavy atom. The Morgan fingerprint density at radius 3 is 2.20 bits per heavy atom. The molecule has 0 N–H and O–H groups in total. The maximum atomic E-state index is 12.3. The summed E-state index contributed by atoms with van der Waals surface area (Å²) in [5.41, 5.74) is 0. The summed E-state index contributed by atoms with van der Waals surface area (Å²) in [6, 6.07) is -0.309. The van der Waals surface area contributed by atoms with Crippen LogP contribution < -0.4 is 0 Å². The second kappa shape index (κ2) is 4.33. The Bertz CT molecular complexity index is 316. The quantitative estimate of drug-likeness (QED) is 0.757. The maximum absolute atomic E-state index is 12.3. The van der Waals surface area contributed by atoms with Crippen molar-refractivity contribution in [2.75, 3.05) is 6.54 Å². The van der Waals surface area contributed by atoms with Crippen molar-refractivity contribution in [3.8, 4) is 0 Å². The highest BCUT2D eigenvalue weighted by atomic mass is 32.2. The van der Waals surface area contributed by atoms with Crippen molar-refractivity contribution in [3.05, 3.63) is 0 Å². The van der Waals surface area contributed by atoms with Gasteiger partial charge in [0, 0.05) is 12.6 Å². The van der Waals surface area contributed by atoms with Crippen molar-refractivity contribution in [3.63, 3.8) is 0 Å². The van der Waals surface area contributed by atoms with Gasteiger partial charge in [-0.1, -0.05) is 13.8 Å². The first-order chi connectivity index (χ1) is 6.76. The summed E-state index contributed by atoms with van der Waals surface area (Å²) >= 11 is 0. The van der Waals surface area contributed by atoms with Gasteiger partial charge in [0.15, 0.2) is 0 Å². The molecule has 0 aliphatic carbocycles. The highest BCUT2D eigenvalue weighted by Gasteiger charge is 2.42. The van der Waals surface area contributed by atoms with Gasteiger partial charge >= 0.3 is 5.76 Å². The smallest absolute Gasteiger partial charge is 0.206 e. The lowest BCUT2D eigenvalue weighted by Crippen LogP contribution is -2.38. The zero-order chi connectivity index (χ0) is 11.8. The molecule has 1 fully saturated rings. The number of hydrogen-bond acceptors (Lipinski definition) is 2. The molecule has 6 heteroatoms.